The molecule has 2 heterocycles. The van der Waals surface area contributed by atoms with Crippen molar-refractivity contribution in [2.45, 2.75) is 26.3 Å². The standard InChI is InChI=1S/C28H32ClN3O4S/c1-19(2)16-31(28(34)30-21-8-6-7-20(29)15-21)17-27(33)32-13-11-26-22(12-14-37-26)23(32)18-36-25-10-5-4-9-24(25)35-3/h4-10,12,14-15,19,23H,11,13,16-18H2,1-3H3,(H,30,34)/t23-/m0/s1. The number of carbonyl (C=O) groups excluding carboxylic acids is 2. The first-order valence-electron chi connectivity index (χ1n) is 12.3. The molecule has 9 heteroatoms. The average molecular weight is 542 g/mol. The number of thiophene rings is 1. The first-order valence-corrected chi connectivity index (χ1v) is 13.5. The quantitative estimate of drug-likeness (QED) is 0.355. The van der Waals surface area contributed by atoms with E-state index in [1.165, 1.54) is 4.88 Å². The Morgan fingerprint density at radius 1 is 1.16 bits per heavy atom. The van der Waals surface area contributed by atoms with E-state index in [1.807, 2.05) is 43.0 Å². The van der Waals surface area contributed by atoms with E-state index < -0.39 is 0 Å². The molecule has 0 fully saturated rings. The normalized spacial score (nSPS) is 14.7. The number of anilines is 1. The van der Waals surface area contributed by atoms with E-state index in [0.717, 1.165) is 12.0 Å². The molecule has 0 saturated carbocycles. The van der Waals surface area contributed by atoms with Crippen molar-refractivity contribution in [2.24, 2.45) is 5.92 Å². The predicted octanol–water partition coefficient (Wildman–Crippen LogP) is 6.11. The maximum absolute atomic E-state index is 13.7. The molecule has 0 radical (unpaired) electrons. The van der Waals surface area contributed by atoms with Crippen LogP contribution in [0.15, 0.2) is 60.0 Å². The Balaban J connectivity index is 1.51. The van der Waals surface area contributed by atoms with E-state index in [4.69, 9.17) is 21.1 Å². The van der Waals surface area contributed by atoms with Crippen LogP contribution >= 0.6 is 22.9 Å². The van der Waals surface area contributed by atoms with Crippen LogP contribution in [0.25, 0.3) is 0 Å². The van der Waals surface area contributed by atoms with Crippen molar-refractivity contribution in [2.75, 3.05) is 38.7 Å². The number of amides is 3. The molecule has 1 aliphatic rings. The van der Waals surface area contributed by atoms with Crippen molar-refractivity contribution in [3.8, 4) is 11.5 Å². The zero-order valence-electron chi connectivity index (χ0n) is 21.3. The largest absolute Gasteiger partial charge is 0.493 e. The van der Waals surface area contributed by atoms with E-state index in [-0.39, 0.29) is 37.0 Å². The lowest BCUT2D eigenvalue weighted by Crippen LogP contribution is -2.49. The molecular formula is C28H32ClN3O4S. The van der Waals surface area contributed by atoms with Gasteiger partial charge in [0, 0.05) is 28.7 Å². The fourth-order valence-electron chi connectivity index (χ4n) is 4.46. The number of rotatable bonds is 9. The minimum Gasteiger partial charge on any atom is -0.493 e. The molecule has 3 amide bonds. The zero-order valence-corrected chi connectivity index (χ0v) is 22.8. The molecule has 37 heavy (non-hydrogen) atoms. The van der Waals surface area contributed by atoms with Crippen molar-refractivity contribution in [3.63, 3.8) is 0 Å². The van der Waals surface area contributed by atoms with Gasteiger partial charge in [0.15, 0.2) is 11.5 Å². The summed E-state index contributed by atoms with van der Waals surface area (Å²) < 4.78 is 11.6. The van der Waals surface area contributed by atoms with Gasteiger partial charge in [-0.3, -0.25) is 4.79 Å². The van der Waals surface area contributed by atoms with Crippen LogP contribution in [0, 0.1) is 5.92 Å². The number of halogens is 1. The first-order chi connectivity index (χ1) is 17.9. The molecule has 1 aliphatic heterocycles. The summed E-state index contributed by atoms with van der Waals surface area (Å²) in [4.78, 5) is 31.5. The van der Waals surface area contributed by atoms with Gasteiger partial charge in [-0.05, 0) is 59.7 Å². The number of para-hydroxylation sites is 2. The van der Waals surface area contributed by atoms with Gasteiger partial charge in [-0.25, -0.2) is 4.79 Å². The van der Waals surface area contributed by atoms with Crippen LogP contribution in [0.4, 0.5) is 10.5 Å². The lowest BCUT2D eigenvalue weighted by atomic mass is 10.0. The number of fused-ring (bicyclic) bond motifs is 1. The Morgan fingerprint density at radius 3 is 2.68 bits per heavy atom. The fraction of sp³-hybridized carbons (Fsp3) is 0.357. The molecule has 0 unspecified atom stereocenters. The van der Waals surface area contributed by atoms with Crippen molar-refractivity contribution >= 4 is 40.6 Å². The van der Waals surface area contributed by atoms with Gasteiger partial charge in [-0.15, -0.1) is 11.3 Å². The van der Waals surface area contributed by atoms with E-state index >= 15 is 0 Å². The van der Waals surface area contributed by atoms with Crippen LogP contribution in [0.3, 0.4) is 0 Å². The second kappa shape index (κ2) is 12.3. The average Bonchev–Trinajstić information content (AvgIpc) is 3.36. The van der Waals surface area contributed by atoms with Crippen molar-refractivity contribution < 1.29 is 19.1 Å². The number of nitrogens with one attached hydrogen (secondary N) is 1. The summed E-state index contributed by atoms with van der Waals surface area (Å²) in [5.41, 5.74) is 1.68. The third-order valence-corrected chi connectivity index (χ3v) is 7.39. The minimum absolute atomic E-state index is 0.0325. The second-order valence-corrected chi connectivity index (χ2v) is 10.8. The van der Waals surface area contributed by atoms with Crippen LogP contribution < -0.4 is 14.8 Å². The smallest absolute Gasteiger partial charge is 0.322 e. The Morgan fingerprint density at radius 2 is 1.95 bits per heavy atom. The number of ether oxygens (including phenoxy) is 2. The number of benzene rings is 2. The van der Waals surface area contributed by atoms with Gasteiger partial charge in [-0.2, -0.15) is 0 Å². The predicted molar refractivity (Wildman–Crippen MR) is 148 cm³/mol. The number of methoxy groups -OCH3 is 1. The number of hydrogen-bond acceptors (Lipinski definition) is 5. The molecule has 2 aromatic carbocycles. The van der Waals surface area contributed by atoms with Crippen molar-refractivity contribution in [1.29, 1.82) is 0 Å². The van der Waals surface area contributed by atoms with Crippen molar-refractivity contribution in [1.82, 2.24) is 9.80 Å². The van der Waals surface area contributed by atoms with Gasteiger partial charge in [0.1, 0.15) is 13.2 Å². The summed E-state index contributed by atoms with van der Waals surface area (Å²) in [6.45, 7) is 5.30. The van der Waals surface area contributed by atoms with Gasteiger partial charge < -0.3 is 24.6 Å². The topological polar surface area (TPSA) is 71.1 Å². The molecular weight excluding hydrogens is 510 g/mol. The van der Waals surface area contributed by atoms with Crippen LogP contribution in [0.2, 0.25) is 5.02 Å². The summed E-state index contributed by atoms with van der Waals surface area (Å²) in [5, 5.41) is 5.46. The highest BCUT2D eigenvalue weighted by Crippen LogP contribution is 2.35. The highest BCUT2D eigenvalue weighted by Gasteiger charge is 2.34. The molecule has 196 valence electrons. The Labute approximate surface area is 226 Å². The Kier molecular flexibility index (Phi) is 8.95. The molecule has 3 aromatic rings. The molecule has 0 saturated heterocycles. The van der Waals surface area contributed by atoms with E-state index in [2.05, 4.69) is 16.8 Å². The molecule has 7 nitrogen and oxygen atoms in total. The molecule has 0 aliphatic carbocycles. The SMILES string of the molecule is COc1ccccc1OC[C@H]1c2ccsc2CCN1C(=O)CN(CC(C)C)C(=O)Nc1cccc(Cl)c1. The number of urea groups is 1. The lowest BCUT2D eigenvalue weighted by molar-refractivity contribution is -0.135. The summed E-state index contributed by atoms with van der Waals surface area (Å²) in [6.07, 6.45) is 0.781. The highest BCUT2D eigenvalue weighted by molar-refractivity contribution is 7.10. The molecule has 4 rings (SSSR count). The third-order valence-electron chi connectivity index (χ3n) is 6.16. The molecule has 0 spiro atoms. The zero-order chi connectivity index (χ0) is 26.4. The fourth-order valence-corrected chi connectivity index (χ4v) is 5.58. The number of hydrogen-bond donors (Lipinski definition) is 1. The molecule has 1 aromatic heterocycles. The van der Waals surface area contributed by atoms with Crippen LogP contribution in [-0.2, 0) is 11.2 Å². The second-order valence-electron chi connectivity index (χ2n) is 9.33. The van der Waals surface area contributed by atoms with Gasteiger partial charge in [0.05, 0.1) is 13.2 Å². The minimum atomic E-state index is -0.334. The van der Waals surface area contributed by atoms with Crippen LogP contribution in [0.5, 0.6) is 11.5 Å². The van der Waals surface area contributed by atoms with E-state index in [9.17, 15) is 9.59 Å². The summed E-state index contributed by atoms with van der Waals surface area (Å²) >= 11 is 7.77. The summed E-state index contributed by atoms with van der Waals surface area (Å²) in [6, 6.07) is 15.9. The summed E-state index contributed by atoms with van der Waals surface area (Å²) in [7, 11) is 1.60. The van der Waals surface area contributed by atoms with Gasteiger partial charge >= 0.3 is 6.03 Å². The first kappa shape index (κ1) is 26.8. The van der Waals surface area contributed by atoms with E-state index in [0.29, 0.717) is 35.3 Å². The Hall–Kier alpha value is -3.23. The number of carbonyl (C=O) groups is 2. The van der Waals surface area contributed by atoms with Crippen LogP contribution in [-0.4, -0.2) is 55.1 Å². The van der Waals surface area contributed by atoms with Gasteiger partial charge in [0.25, 0.3) is 0 Å². The third kappa shape index (κ3) is 6.76. The van der Waals surface area contributed by atoms with Crippen molar-refractivity contribution in [3.05, 3.63) is 75.4 Å². The lowest BCUT2D eigenvalue weighted by Gasteiger charge is -2.37. The molecule has 1 atom stereocenters. The maximum Gasteiger partial charge on any atom is 0.322 e. The van der Waals surface area contributed by atoms with Crippen LogP contribution in [0.1, 0.15) is 30.3 Å². The Bertz CT molecular complexity index is 1230. The maximum atomic E-state index is 13.7. The summed E-state index contributed by atoms with van der Waals surface area (Å²) in [5.74, 6) is 1.34. The molecule has 1 N–H and O–H groups in total. The van der Waals surface area contributed by atoms with Gasteiger partial charge in [-0.1, -0.05) is 43.6 Å². The highest BCUT2D eigenvalue weighted by atomic mass is 35.5. The molecule has 0 bridgehead atoms. The monoisotopic (exact) mass is 541 g/mol. The number of nitrogens with zero attached hydrogens (tertiary/aromatic N) is 2. The van der Waals surface area contributed by atoms with Gasteiger partial charge in [0.2, 0.25) is 5.91 Å². The van der Waals surface area contributed by atoms with E-state index in [1.54, 1.807) is 47.6 Å².